The summed E-state index contributed by atoms with van der Waals surface area (Å²) >= 11 is 0. The minimum atomic E-state index is 0.0822. The number of Topliss-reactive ketones (excluding diaryl/α,β-unsaturated/α-hetero) is 1. The summed E-state index contributed by atoms with van der Waals surface area (Å²) in [6.07, 6.45) is 3.94. The number of carbonyl (C=O) groups is 1. The van der Waals surface area contributed by atoms with Gasteiger partial charge in [0, 0.05) is 29.9 Å². The van der Waals surface area contributed by atoms with Crippen LogP contribution in [0.15, 0.2) is 90.0 Å². The first kappa shape index (κ1) is 20.5. The number of benzene rings is 3. The van der Waals surface area contributed by atoms with Gasteiger partial charge in [0.15, 0.2) is 5.78 Å². The van der Waals surface area contributed by atoms with Crippen molar-refractivity contribution in [2.45, 2.75) is 0 Å². The Hall–Kier alpha value is -3.79. The molecule has 31 heavy (non-hydrogen) atoms. The molecular formula is C27H25NO3. The molecule has 1 fully saturated rings. The third-order valence-electron chi connectivity index (χ3n) is 5.34. The molecule has 3 aromatic rings. The van der Waals surface area contributed by atoms with E-state index in [2.05, 4.69) is 17.0 Å². The zero-order valence-corrected chi connectivity index (χ0v) is 17.7. The first-order valence-corrected chi connectivity index (χ1v) is 10.2. The molecular weight excluding hydrogens is 386 g/mol. The number of rotatable bonds is 5. The number of carbonyl (C=O) groups excluding carboxylic acids is 1. The Morgan fingerprint density at radius 3 is 1.55 bits per heavy atom. The van der Waals surface area contributed by atoms with Crippen LogP contribution >= 0.6 is 0 Å². The summed E-state index contributed by atoms with van der Waals surface area (Å²) in [5, 5.41) is 0. The van der Waals surface area contributed by atoms with Crippen molar-refractivity contribution in [1.29, 1.82) is 0 Å². The maximum absolute atomic E-state index is 13.3. The zero-order chi connectivity index (χ0) is 21.6. The van der Waals surface area contributed by atoms with Gasteiger partial charge < -0.3 is 14.4 Å². The molecule has 3 aromatic carbocycles. The van der Waals surface area contributed by atoms with Crippen molar-refractivity contribution in [3.8, 4) is 11.5 Å². The highest BCUT2D eigenvalue weighted by atomic mass is 16.5. The van der Waals surface area contributed by atoms with E-state index in [1.807, 2.05) is 78.9 Å². The van der Waals surface area contributed by atoms with E-state index in [0.717, 1.165) is 39.5 Å². The number of para-hydroxylation sites is 1. The molecule has 0 spiro atoms. The van der Waals surface area contributed by atoms with Crippen molar-refractivity contribution >= 4 is 23.6 Å². The molecule has 0 amide bonds. The summed E-state index contributed by atoms with van der Waals surface area (Å²) in [6.45, 7) is 1.13. The Bertz CT molecular complexity index is 1030. The van der Waals surface area contributed by atoms with Crippen molar-refractivity contribution in [1.82, 2.24) is 0 Å². The van der Waals surface area contributed by atoms with Crippen molar-refractivity contribution in [3.05, 3.63) is 101 Å². The molecule has 0 atom stereocenters. The summed E-state index contributed by atoms with van der Waals surface area (Å²) in [7, 11) is 3.29. The maximum atomic E-state index is 13.3. The molecule has 1 heterocycles. The Kier molecular flexibility index (Phi) is 6.18. The molecule has 4 heteroatoms. The number of hydrogen-bond acceptors (Lipinski definition) is 4. The molecule has 0 saturated carbocycles. The molecule has 0 N–H and O–H groups in total. The summed E-state index contributed by atoms with van der Waals surface area (Å²) < 4.78 is 10.5. The van der Waals surface area contributed by atoms with Gasteiger partial charge in [-0.05, 0) is 59.7 Å². The fourth-order valence-electron chi connectivity index (χ4n) is 3.66. The lowest BCUT2D eigenvalue weighted by Gasteiger charge is -2.31. The summed E-state index contributed by atoms with van der Waals surface area (Å²) in [5.41, 5.74) is 4.57. The van der Waals surface area contributed by atoms with Crippen LogP contribution in [0.5, 0.6) is 11.5 Å². The number of ether oxygens (including phenoxy) is 2. The quantitative estimate of drug-likeness (QED) is 0.537. The topological polar surface area (TPSA) is 38.8 Å². The van der Waals surface area contributed by atoms with Gasteiger partial charge in [-0.25, -0.2) is 0 Å². The highest BCUT2D eigenvalue weighted by Crippen LogP contribution is 2.27. The number of hydrogen-bond donors (Lipinski definition) is 0. The minimum Gasteiger partial charge on any atom is -0.497 e. The van der Waals surface area contributed by atoms with Crippen LogP contribution in [-0.4, -0.2) is 33.1 Å². The van der Waals surface area contributed by atoms with Crippen molar-refractivity contribution < 1.29 is 14.3 Å². The van der Waals surface area contributed by atoms with Crippen LogP contribution in [0.1, 0.15) is 11.1 Å². The number of ketones is 1. The molecule has 0 bridgehead atoms. The van der Waals surface area contributed by atoms with Gasteiger partial charge in [-0.1, -0.05) is 42.5 Å². The van der Waals surface area contributed by atoms with Crippen LogP contribution in [0.25, 0.3) is 12.2 Å². The Labute approximate surface area is 183 Å². The molecule has 0 aromatic heterocycles. The van der Waals surface area contributed by atoms with Gasteiger partial charge in [-0.15, -0.1) is 0 Å². The Morgan fingerprint density at radius 1 is 0.677 bits per heavy atom. The predicted octanol–water partition coefficient (Wildman–Crippen LogP) is 5.26. The monoisotopic (exact) mass is 411 g/mol. The number of methoxy groups -OCH3 is 2. The standard InChI is InChI=1S/C27H25NO3/c1-30-25-12-8-20(9-13-25)16-22-18-28(24-6-4-3-5-7-24)19-23(27(22)29)17-21-10-14-26(31-2)15-11-21/h3-17H,18-19H2,1-2H3/b22-16-,23-17+. The van der Waals surface area contributed by atoms with Crippen LogP contribution in [0.2, 0.25) is 0 Å². The molecule has 0 unspecified atom stereocenters. The first-order chi connectivity index (χ1) is 15.2. The summed E-state index contributed by atoms with van der Waals surface area (Å²) in [6, 6.07) is 25.7. The van der Waals surface area contributed by atoms with Gasteiger partial charge in [-0.3, -0.25) is 4.79 Å². The van der Waals surface area contributed by atoms with Crippen molar-refractivity contribution in [3.63, 3.8) is 0 Å². The third kappa shape index (κ3) is 4.86. The molecule has 0 aliphatic carbocycles. The van der Waals surface area contributed by atoms with E-state index < -0.39 is 0 Å². The van der Waals surface area contributed by atoms with Gasteiger partial charge in [-0.2, -0.15) is 0 Å². The average Bonchev–Trinajstić information content (AvgIpc) is 2.83. The number of piperidine rings is 1. The largest absolute Gasteiger partial charge is 0.497 e. The van der Waals surface area contributed by atoms with Gasteiger partial charge in [0.05, 0.1) is 14.2 Å². The zero-order valence-electron chi connectivity index (χ0n) is 17.7. The van der Waals surface area contributed by atoms with Crippen LogP contribution in [-0.2, 0) is 4.79 Å². The smallest absolute Gasteiger partial charge is 0.188 e. The van der Waals surface area contributed by atoms with Crippen LogP contribution in [0.3, 0.4) is 0 Å². The Balaban J connectivity index is 1.70. The van der Waals surface area contributed by atoms with Crippen LogP contribution < -0.4 is 14.4 Å². The lowest BCUT2D eigenvalue weighted by molar-refractivity contribution is -0.112. The third-order valence-corrected chi connectivity index (χ3v) is 5.34. The van der Waals surface area contributed by atoms with E-state index in [-0.39, 0.29) is 5.78 Å². The fourth-order valence-corrected chi connectivity index (χ4v) is 3.66. The molecule has 156 valence electrons. The second kappa shape index (κ2) is 9.35. The van der Waals surface area contributed by atoms with Crippen molar-refractivity contribution in [2.24, 2.45) is 0 Å². The fraction of sp³-hybridized carbons (Fsp3) is 0.148. The molecule has 1 aliphatic rings. The molecule has 0 radical (unpaired) electrons. The first-order valence-electron chi connectivity index (χ1n) is 10.2. The Morgan fingerprint density at radius 2 is 1.13 bits per heavy atom. The van der Waals surface area contributed by atoms with Gasteiger partial charge in [0.1, 0.15) is 11.5 Å². The molecule has 4 rings (SSSR count). The average molecular weight is 412 g/mol. The predicted molar refractivity (Wildman–Crippen MR) is 126 cm³/mol. The lowest BCUT2D eigenvalue weighted by atomic mass is 9.93. The number of nitrogens with zero attached hydrogens (tertiary/aromatic N) is 1. The van der Waals surface area contributed by atoms with Crippen molar-refractivity contribution in [2.75, 3.05) is 32.2 Å². The summed E-state index contributed by atoms with van der Waals surface area (Å²) in [5.74, 6) is 1.67. The van der Waals surface area contributed by atoms with E-state index in [9.17, 15) is 4.79 Å². The SMILES string of the molecule is COc1ccc(/C=C2/CN(c3ccccc3)C/C(=C\c3ccc(OC)cc3)C2=O)cc1. The molecule has 1 aliphatic heterocycles. The van der Waals surface area contributed by atoms with Gasteiger partial charge in [0.2, 0.25) is 0 Å². The van der Waals surface area contributed by atoms with Crippen LogP contribution in [0, 0.1) is 0 Å². The van der Waals surface area contributed by atoms with Gasteiger partial charge in [0.25, 0.3) is 0 Å². The molecule has 1 saturated heterocycles. The normalized spacial score (nSPS) is 16.6. The van der Waals surface area contributed by atoms with E-state index >= 15 is 0 Å². The number of anilines is 1. The minimum absolute atomic E-state index is 0.0822. The second-order valence-electron chi connectivity index (χ2n) is 7.41. The van der Waals surface area contributed by atoms with E-state index in [1.54, 1.807) is 14.2 Å². The highest BCUT2D eigenvalue weighted by molar-refractivity contribution is 6.15. The van der Waals surface area contributed by atoms with Gasteiger partial charge >= 0.3 is 0 Å². The highest BCUT2D eigenvalue weighted by Gasteiger charge is 2.26. The summed E-state index contributed by atoms with van der Waals surface area (Å²) in [4.78, 5) is 15.6. The van der Waals surface area contributed by atoms with Crippen LogP contribution in [0.4, 0.5) is 5.69 Å². The van der Waals surface area contributed by atoms with E-state index in [1.165, 1.54) is 0 Å². The van der Waals surface area contributed by atoms with E-state index in [4.69, 9.17) is 9.47 Å². The second-order valence-corrected chi connectivity index (χ2v) is 7.41. The van der Waals surface area contributed by atoms with E-state index in [0.29, 0.717) is 13.1 Å². The maximum Gasteiger partial charge on any atom is 0.188 e. The molecule has 4 nitrogen and oxygen atoms in total. The lowest BCUT2D eigenvalue weighted by Crippen LogP contribution is -2.37.